The van der Waals surface area contributed by atoms with Crippen LogP contribution in [-0.2, 0) is 11.3 Å². The van der Waals surface area contributed by atoms with E-state index in [9.17, 15) is 14.0 Å². The molecule has 6 nitrogen and oxygen atoms in total. The topological polar surface area (TPSA) is 74.3 Å². The van der Waals surface area contributed by atoms with Gasteiger partial charge < -0.3 is 10.6 Å². The molecule has 0 unspecified atom stereocenters. The van der Waals surface area contributed by atoms with Crippen molar-refractivity contribution in [2.24, 2.45) is 5.92 Å². The summed E-state index contributed by atoms with van der Waals surface area (Å²) in [6, 6.07) is 5.15. The van der Waals surface area contributed by atoms with Crippen LogP contribution >= 0.6 is 11.3 Å². The Labute approximate surface area is 161 Å². The minimum absolute atomic E-state index is 0.171. The van der Waals surface area contributed by atoms with Gasteiger partial charge in [0.15, 0.2) is 5.13 Å². The van der Waals surface area contributed by atoms with Gasteiger partial charge in [-0.3, -0.25) is 14.5 Å². The van der Waals surface area contributed by atoms with Crippen LogP contribution in [0.25, 0.3) is 0 Å². The molecule has 1 fully saturated rings. The van der Waals surface area contributed by atoms with Crippen molar-refractivity contribution >= 4 is 28.3 Å². The Hall–Kier alpha value is -2.32. The molecule has 2 amide bonds. The first-order chi connectivity index (χ1) is 13.0. The first-order valence-corrected chi connectivity index (χ1v) is 9.88. The van der Waals surface area contributed by atoms with Crippen LogP contribution in [0.3, 0.4) is 0 Å². The minimum Gasteiger partial charge on any atom is -0.343 e. The quantitative estimate of drug-likeness (QED) is 0.795. The van der Waals surface area contributed by atoms with E-state index in [1.54, 1.807) is 0 Å². The SMILES string of the molecule is CC1CCN(Cc2csc(NC(=O)CNC(=O)c3ccc(F)cc3)n2)CC1. The van der Waals surface area contributed by atoms with Crippen LogP contribution in [0.15, 0.2) is 29.6 Å². The summed E-state index contributed by atoms with van der Waals surface area (Å²) in [6.45, 7) is 5.06. The highest BCUT2D eigenvalue weighted by atomic mass is 32.1. The fourth-order valence-electron chi connectivity index (χ4n) is 2.91. The Balaban J connectivity index is 1.43. The molecule has 1 aromatic heterocycles. The number of carbonyl (C=O) groups is 2. The van der Waals surface area contributed by atoms with Gasteiger partial charge in [0, 0.05) is 17.5 Å². The van der Waals surface area contributed by atoms with Gasteiger partial charge in [-0.05, 0) is 56.1 Å². The van der Waals surface area contributed by atoms with Crippen LogP contribution in [0, 0.1) is 11.7 Å². The number of nitrogens with zero attached hydrogens (tertiary/aromatic N) is 2. The van der Waals surface area contributed by atoms with Gasteiger partial charge in [0.2, 0.25) is 5.91 Å². The predicted molar refractivity (Wildman–Crippen MR) is 103 cm³/mol. The van der Waals surface area contributed by atoms with Crippen LogP contribution in [0.2, 0.25) is 0 Å². The molecule has 0 spiro atoms. The minimum atomic E-state index is -0.427. The second-order valence-corrected chi connectivity index (χ2v) is 7.70. The number of hydrogen-bond donors (Lipinski definition) is 2. The number of hydrogen-bond acceptors (Lipinski definition) is 5. The monoisotopic (exact) mass is 390 g/mol. The maximum absolute atomic E-state index is 12.9. The number of halogens is 1. The number of amides is 2. The van der Waals surface area contributed by atoms with E-state index in [2.05, 4.69) is 27.4 Å². The van der Waals surface area contributed by atoms with Gasteiger partial charge >= 0.3 is 0 Å². The number of piperidine rings is 1. The molecule has 1 aromatic carbocycles. The average Bonchev–Trinajstić information content (AvgIpc) is 3.09. The van der Waals surface area contributed by atoms with E-state index in [0.29, 0.717) is 10.7 Å². The van der Waals surface area contributed by atoms with Crippen LogP contribution in [0.5, 0.6) is 0 Å². The maximum atomic E-state index is 12.9. The molecule has 0 radical (unpaired) electrons. The van der Waals surface area contributed by atoms with Crippen molar-refractivity contribution < 1.29 is 14.0 Å². The molecule has 2 heterocycles. The summed E-state index contributed by atoms with van der Waals surface area (Å²) >= 11 is 1.38. The lowest BCUT2D eigenvalue weighted by Gasteiger charge is -2.29. The molecule has 1 aliphatic rings. The fraction of sp³-hybridized carbons (Fsp3) is 0.421. The highest BCUT2D eigenvalue weighted by Gasteiger charge is 2.17. The zero-order chi connectivity index (χ0) is 19.2. The Morgan fingerprint density at radius 1 is 1.26 bits per heavy atom. The van der Waals surface area contributed by atoms with Crippen LogP contribution < -0.4 is 10.6 Å². The Bertz CT molecular complexity index is 785. The number of thiazole rings is 1. The van der Waals surface area contributed by atoms with E-state index >= 15 is 0 Å². The largest absolute Gasteiger partial charge is 0.343 e. The molecule has 2 aromatic rings. The summed E-state index contributed by atoms with van der Waals surface area (Å²) in [6.07, 6.45) is 2.42. The second kappa shape index (κ2) is 9.05. The van der Waals surface area contributed by atoms with E-state index in [-0.39, 0.29) is 12.5 Å². The van der Waals surface area contributed by atoms with Gasteiger partial charge in [-0.2, -0.15) is 0 Å². The highest BCUT2D eigenvalue weighted by molar-refractivity contribution is 7.13. The number of likely N-dealkylation sites (tertiary alicyclic amines) is 1. The van der Waals surface area contributed by atoms with Crippen molar-refractivity contribution in [1.29, 1.82) is 0 Å². The molecule has 144 valence electrons. The average molecular weight is 390 g/mol. The standard InChI is InChI=1S/C19H23FN4O2S/c1-13-6-8-24(9-7-13)11-16-12-27-19(22-16)23-17(25)10-21-18(26)14-2-4-15(20)5-3-14/h2-5,12-13H,6-11H2,1H3,(H,21,26)(H,22,23,25). The summed E-state index contributed by atoms with van der Waals surface area (Å²) in [5.41, 5.74) is 1.25. The van der Waals surface area contributed by atoms with Crippen LogP contribution in [-0.4, -0.2) is 41.3 Å². The number of benzene rings is 1. The molecule has 1 saturated heterocycles. The van der Waals surface area contributed by atoms with Gasteiger partial charge in [-0.1, -0.05) is 6.92 Å². The smallest absolute Gasteiger partial charge is 0.251 e. The molecular formula is C19H23FN4O2S. The fourth-order valence-corrected chi connectivity index (χ4v) is 3.63. The first kappa shape index (κ1) is 19.4. The van der Waals surface area contributed by atoms with Gasteiger partial charge in [-0.25, -0.2) is 9.37 Å². The summed E-state index contributed by atoms with van der Waals surface area (Å²) in [5.74, 6) is -0.401. The molecule has 0 atom stereocenters. The molecule has 8 heteroatoms. The molecule has 1 aliphatic heterocycles. The van der Waals surface area contributed by atoms with Crippen molar-refractivity contribution in [3.63, 3.8) is 0 Å². The van der Waals surface area contributed by atoms with Crippen LogP contribution in [0.1, 0.15) is 35.8 Å². The molecule has 0 aliphatic carbocycles. The molecule has 0 saturated carbocycles. The van der Waals surface area contributed by atoms with Gasteiger partial charge in [0.25, 0.3) is 5.91 Å². The normalized spacial score (nSPS) is 15.5. The third-order valence-electron chi connectivity index (χ3n) is 4.58. The number of carbonyl (C=O) groups excluding carboxylic acids is 2. The maximum Gasteiger partial charge on any atom is 0.251 e. The second-order valence-electron chi connectivity index (χ2n) is 6.84. The van der Waals surface area contributed by atoms with Crippen LogP contribution in [0.4, 0.5) is 9.52 Å². The summed E-state index contributed by atoms with van der Waals surface area (Å²) in [4.78, 5) is 30.8. The van der Waals surface area contributed by atoms with E-state index in [0.717, 1.165) is 31.2 Å². The summed E-state index contributed by atoms with van der Waals surface area (Å²) < 4.78 is 12.9. The lowest BCUT2D eigenvalue weighted by atomic mass is 9.99. The number of nitrogens with one attached hydrogen (secondary N) is 2. The molecule has 0 bridgehead atoms. The van der Waals surface area contributed by atoms with Gasteiger partial charge in [0.05, 0.1) is 12.2 Å². The number of anilines is 1. The molecule has 2 N–H and O–H groups in total. The predicted octanol–water partition coefficient (Wildman–Crippen LogP) is 2.88. The van der Waals surface area contributed by atoms with Crippen molar-refractivity contribution in [2.45, 2.75) is 26.3 Å². The van der Waals surface area contributed by atoms with E-state index in [1.165, 1.54) is 48.4 Å². The third kappa shape index (κ3) is 5.83. The Morgan fingerprint density at radius 2 is 1.96 bits per heavy atom. The van der Waals surface area contributed by atoms with E-state index in [1.807, 2.05) is 5.38 Å². The lowest BCUT2D eigenvalue weighted by molar-refractivity contribution is -0.115. The van der Waals surface area contributed by atoms with Crippen molar-refractivity contribution in [3.8, 4) is 0 Å². The highest BCUT2D eigenvalue weighted by Crippen LogP contribution is 2.20. The summed E-state index contributed by atoms with van der Waals surface area (Å²) in [5, 5.41) is 7.68. The lowest BCUT2D eigenvalue weighted by Crippen LogP contribution is -2.33. The molecule has 27 heavy (non-hydrogen) atoms. The Kier molecular flexibility index (Phi) is 6.52. The molecule has 3 rings (SSSR count). The van der Waals surface area contributed by atoms with Gasteiger partial charge in [-0.15, -0.1) is 11.3 Å². The van der Waals surface area contributed by atoms with E-state index in [4.69, 9.17) is 0 Å². The van der Waals surface area contributed by atoms with Gasteiger partial charge in [0.1, 0.15) is 5.82 Å². The van der Waals surface area contributed by atoms with Crippen molar-refractivity contribution in [1.82, 2.24) is 15.2 Å². The first-order valence-electron chi connectivity index (χ1n) is 9.00. The number of rotatable bonds is 6. The third-order valence-corrected chi connectivity index (χ3v) is 5.38. The summed E-state index contributed by atoms with van der Waals surface area (Å²) in [7, 11) is 0. The van der Waals surface area contributed by atoms with E-state index < -0.39 is 11.7 Å². The van der Waals surface area contributed by atoms with Crippen molar-refractivity contribution in [2.75, 3.05) is 25.0 Å². The molecular weight excluding hydrogens is 367 g/mol. The Morgan fingerprint density at radius 3 is 2.67 bits per heavy atom. The van der Waals surface area contributed by atoms with Crippen molar-refractivity contribution in [3.05, 3.63) is 46.7 Å². The number of aromatic nitrogens is 1. The zero-order valence-corrected chi connectivity index (χ0v) is 16.0. The zero-order valence-electron chi connectivity index (χ0n) is 15.2.